The van der Waals surface area contributed by atoms with Crippen molar-refractivity contribution in [3.8, 4) is 34.8 Å². The standard InChI is InChI=1S/C84H107N17O13/c1-53(2)77(81(107)100-51-62(102)43-70(100)80(106)90-54(3)57-19-15-55(48-85)16-20-57)72-47-74(94-114-72)110-41-40-96-37-28-63(29-38-96)112-64-44-65(45-64)113-73-42-59(27-33-89-73)101-60-23-24-61(101)50-97(49-60)69-46-67(92-93-78(69)86)66-12-6-7-14-71(66)111-52-56-17-21-58(22-18-56)91-79(105)68(13-8-9-35-95(4)5)98(83(109)84(82(87)108)30-10-31-84)39-34-88-32-11-36-99-75(103)25-26-76(99)104/h6-7,12,14-22,25-27,33,42,46-47,53-54,60-65,68,70,77,88,102H,8-11,13,23-24,28-32,34-41,43-45,49-52H2,1-5H3,(H2,86,93)(H2,87,108)(H,90,106)(H,91,105)/t54-,60+,61+,62+,64?,65?,68-,70-,77+/m0/s1. The molecule has 3 aromatic heterocycles. The third-order valence-electron chi connectivity index (χ3n) is 23.4. The number of pyridine rings is 1. The van der Waals surface area contributed by atoms with E-state index in [2.05, 4.69) is 74.1 Å². The number of para-hydroxylation sites is 1. The molecule has 13 rings (SSSR count). The number of imide groups is 1. The molecule has 4 saturated heterocycles. The third-order valence-corrected chi connectivity index (χ3v) is 23.4. The van der Waals surface area contributed by atoms with E-state index >= 15 is 0 Å². The first-order valence-corrected chi connectivity index (χ1v) is 40.3. The van der Waals surface area contributed by atoms with Crippen molar-refractivity contribution in [2.24, 2.45) is 17.1 Å². The number of nitrogens with one attached hydrogen (secondary N) is 3. The van der Waals surface area contributed by atoms with Crippen LogP contribution >= 0.6 is 0 Å². The Hall–Kier alpha value is -10.6. The van der Waals surface area contributed by atoms with Crippen molar-refractivity contribution in [3.63, 3.8) is 0 Å². The van der Waals surface area contributed by atoms with E-state index in [-0.39, 0.29) is 110 Å². The molecule has 114 heavy (non-hydrogen) atoms. The van der Waals surface area contributed by atoms with E-state index in [1.54, 1.807) is 42.5 Å². The number of nitrogen functional groups attached to an aromatic ring is 1. The van der Waals surface area contributed by atoms with Crippen molar-refractivity contribution in [1.82, 2.24) is 55.5 Å². The van der Waals surface area contributed by atoms with Gasteiger partial charge in [0, 0.05) is 138 Å². The number of carbonyl (C=O) groups excluding carboxylic acids is 7. The Balaban J connectivity index is 0.548. The van der Waals surface area contributed by atoms with E-state index in [0.29, 0.717) is 105 Å². The maximum absolute atomic E-state index is 14.6. The highest BCUT2D eigenvalue weighted by Crippen LogP contribution is 2.44. The number of nitrogens with zero attached hydrogens (tertiary/aromatic N) is 12. The molecule has 2 aliphatic carbocycles. The van der Waals surface area contributed by atoms with Crippen LogP contribution in [-0.4, -0.2) is 233 Å². The van der Waals surface area contributed by atoms with Crippen LogP contribution in [0, 0.1) is 22.7 Å². The van der Waals surface area contributed by atoms with Gasteiger partial charge < -0.3 is 80.5 Å². The predicted octanol–water partition coefficient (Wildman–Crippen LogP) is 6.89. The second kappa shape index (κ2) is 37.1. The van der Waals surface area contributed by atoms with Crippen molar-refractivity contribution in [2.75, 3.05) is 114 Å². The van der Waals surface area contributed by atoms with Crippen LogP contribution in [0.1, 0.15) is 145 Å². The van der Waals surface area contributed by atoms with Crippen LogP contribution in [-0.2, 0) is 44.9 Å². The Morgan fingerprint density at radius 3 is 2.23 bits per heavy atom. The van der Waals surface area contributed by atoms with Crippen molar-refractivity contribution in [2.45, 2.75) is 178 Å². The molecule has 8 N–H and O–H groups in total. The van der Waals surface area contributed by atoms with Gasteiger partial charge in [-0.25, -0.2) is 4.98 Å². The maximum atomic E-state index is 14.6. The highest BCUT2D eigenvalue weighted by molar-refractivity contribution is 6.13. The predicted molar refractivity (Wildman–Crippen MR) is 425 cm³/mol. The SMILES string of the molecule is CC(C)[C@@H](C(=O)N1C[C@H](O)C[C@H]1C(=O)N[C@@H](C)c1ccc(C#N)cc1)c1cc(OCCN2CCC(OC3CC(Oc4cc(N5[C@@H]6CC[C@@H]5CN(c5cc(-c7ccccc7OCc7ccc(NC(=O)[C@H](CCCCN(C)C)N(CCNCCCN8C(=O)C=CC8=O)C(=O)C8(C(N)=O)CCC8)cc7)nnc5N)C6)ccn4)C3)CC2)no1. The molecule has 7 atom stereocenters. The van der Waals surface area contributed by atoms with E-state index in [1.165, 1.54) is 26.9 Å². The zero-order valence-electron chi connectivity index (χ0n) is 65.8. The number of hydrogen-bond acceptors (Lipinski definition) is 24. The van der Waals surface area contributed by atoms with Gasteiger partial charge in [0.15, 0.2) is 11.6 Å². The average molecular weight is 1560 g/mol. The molecule has 3 aromatic carbocycles. The Labute approximate surface area is 665 Å². The van der Waals surface area contributed by atoms with Crippen LogP contribution in [0.5, 0.6) is 17.5 Å². The molecule has 7 amide bonds. The lowest BCUT2D eigenvalue weighted by Crippen LogP contribution is -2.60. The fourth-order valence-electron chi connectivity index (χ4n) is 16.8. The second-order valence-corrected chi connectivity index (χ2v) is 31.9. The molecule has 6 aromatic rings. The van der Waals surface area contributed by atoms with E-state index in [9.17, 15) is 43.9 Å². The van der Waals surface area contributed by atoms with Crippen molar-refractivity contribution in [1.29, 1.82) is 5.26 Å². The van der Waals surface area contributed by atoms with Crippen LogP contribution in [0.4, 0.5) is 22.9 Å². The summed E-state index contributed by atoms with van der Waals surface area (Å²) in [7, 11) is 3.96. The van der Waals surface area contributed by atoms with Crippen LogP contribution in [0.2, 0.25) is 0 Å². The maximum Gasteiger partial charge on any atom is 0.254 e. The number of anilines is 4. The minimum absolute atomic E-state index is 0.00112. The first-order chi connectivity index (χ1) is 55.1. The van der Waals surface area contributed by atoms with Gasteiger partial charge >= 0.3 is 0 Å². The van der Waals surface area contributed by atoms with Crippen LogP contribution in [0.15, 0.2) is 120 Å². The summed E-state index contributed by atoms with van der Waals surface area (Å²) in [6.45, 7) is 11.9. The minimum Gasteiger partial charge on any atom is -0.488 e. The number of aliphatic hydroxyl groups is 1. The highest BCUT2D eigenvalue weighted by Gasteiger charge is 2.53. The van der Waals surface area contributed by atoms with Crippen LogP contribution in [0.3, 0.4) is 0 Å². The van der Waals surface area contributed by atoms with Gasteiger partial charge in [-0.3, -0.25) is 43.4 Å². The van der Waals surface area contributed by atoms with E-state index in [4.69, 9.17) is 34.9 Å². The summed E-state index contributed by atoms with van der Waals surface area (Å²) >= 11 is 0. The Bertz CT molecular complexity index is 4410. The largest absolute Gasteiger partial charge is 0.488 e. The monoisotopic (exact) mass is 1560 g/mol. The summed E-state index contributed by atoms with van der Waals surface area (Å²) in [5.41, 5.74) is 17.2. The van der Waals surface area contributed by atoms with Gasteiger partial charge in [0.2, 0.25) is 35.4 Å². The number of aromatic nitrogens is 4. The minimum atomic E-state index is -1.39. The number of fused-ring (bicyclic) bond motifs is 2. The number of β-amino-alcohol motifs (C(OH)–C–C–N with tert-alkyl or cyclic N) is 1. The van der Waals surface area contributed by atoms with Crippen molar-refractivity contribution < 1.29 is 62.1 Å². The number of aliphatic hydroxyl groups excluding tert-OH is 1. The molecule has 0 unspecified atom stereocenters. The number of primary amides is 1. The van der Waals surface area contributed by atoms with Gasteiger partial charge in [0.25, 0.3) is 17.7 Å². The number of piperidine rings is 1. The summed E-state index contributed by atoms with van der Waals surface area (Å²) in [4.78, 5) is 112. The summed E-state index contributed by atoms with van der Waals surface area (Å²) in [5.74, 6) is -1.76. The Morgan fingerprint density at radius 2 is 1.54 bits per heavy atom. The number of nitriles is 1. The lowest BCUT2D eigenvalue weighted by molar-refractivity contribution is -0.159. The molecule has 2 saturated carbocycles. The second-order valence-electron chi connectivity index (χ2n) is 31.9. The quantitative estimate of drug-likeness (QED) is 0.0131. The van der Waals surface area contributed by atoms with E-state index in [1.807, 2.05) is 83.5 Å². The number of likely N-dealkylation sites (tertiary alicyclic amines) is 2. The average Bonchev–Trinajstić information content (AvgIpc) is 1.21. The zero-order chi connectivity index (χ0) is 80.2. The van der Waals surface area contributed by atoms with Crippen LogP contribution in [0.25, 0.3) is 11.3 Å². The molecule has 2 bridgehead atoms. The number of nitrogens with two attached hydrogens (primary N) is 2. The molecule has 7 aliphatic rings. The molecular formula is C84H107N17O13. The normalized spacial score (nSPS) is 21.4. The van der Waals surface area contributed by atoms with Gasteiger partial charge in [-0.15, -0.1) is 10.2 Å². The number of rotatable bonds is 37. The first-order valence-electron chi connectivity index (χ1n) is 40.3. The lowest BCUT2D eigenvalue weighted by Gasteiger charge is -2.43. The fraction of sp³-hybridized carbons (Fsp3) is 0.524. The summed E-state index contributed by atoms with van der Waals surface area (Å²) in [6, 6.07) is 30.1. The molecule has 30 nitrogen and oxygen atoms in total. The molecule has 8 heterocycles. The number of ether oxygens (including phenoxy) is 4. The van der Waals surface area contributed by atoms with Gasteiger partial charge in [-0.05, 0) is 169 Å². The van der Waals surface area contributed by atoms with Gasteiger partial charge in [0.05, 0.1) is 47.4 Å². The molecular weight excluding hydrogens is 1460 g/mol. The molecule has 30 heteroatoms. The Morgan fingerprint density at radius 1 is 0.798 bits per heavy atom. The first kappa shape index (κ1) is 81.4. The summed E-state index contributed by atoms with van der Waals surface area (Å²) in [6.07, 6.45) is 12.8. The fourth-order valence-corrected chi connectivity index (χ4v) is 16.8. The third kappa shape index (κ3) is 19.4. The van der Waals surface area contributed by atoms with Crippen molar-refractivity contribution >= 4 is 64.2 Å². The number of amides is 7. The zero-order valence-corrected chi connectivity index (χ0v) is 65.8. The number of piperazine rings is 1. The van der Waals surface area contributed by atoms with Gasteiger partial charge in [-0.2, -0.15) is 5.26 Å². The summed E-state index contributed by atoms with van der Waals surface area (Å²) in [5, 5.41) is 42.5. The molecule has 0 spiro atoms. The van der Waals surface area contributed by atoms with Crippen LogP contribution < -0.4 is 51.4 Å². The van der Waals surface area contributed by atoms with Gasteiger partial charge in [-0.1, -0.05) is 56.7 Å². The topological polar surface area (TPSA) is 376 Å². The number of benzene rings is 3. The molecule has 5 aliphatic heterocycles. The molecule has 6 fully saturated rings. The summed E-state index contributed by atoms with van der Waals surface area (Å²) < 4.78 is 31.4. The highest BCUT2D eigenvalue weighted by atomic mass is 16.5. The lowest BCUT2D eigenvalue weighted by atomic mass is 9.67. The van der Waals surface area contributed by atoms with E-state index in [0.717, 1.165) is 106 Å². The molecule has 606 valence electrons. The number of hydrogen-bond donors (Lipinski definition) is 6. The van der Waals surface area contributed by atoms with E-state index < -0.39 is 41.3 Å². The van der Waals surface area contributed by atoms with Crippen molar-refractivity contribution in [3.05, 3.63) is 138 Å². The number of carbonyl (C=O) groups is 7. The van der Waals surface area contributed by atoms with Gasteiger partial charge in [0.1, 0.15) is 48.5 Å². The smallest absolute Gasteiger partial charge is 0.254 e. The molecule has 0 radical (unpaired) electrons. The Kier molecular flexibility index (Phi) is 26.5. The number of unbranched alkanes of at least 4 members (excludes halogenated alkanes) is 1.